The third-order valence-electron chi connectivity index (χ3n) is 3.05. The van der Waals surface area contributed by atoms with Crippen LogP contribution < -0.4 is 0 Å². The van der Waals surface area contributed by atoms with Crippen LogP contribution in [0.1, 0.15) is 23.8 Å². The molecule has 0 amide bonds. The van der Waals surface area contributed by atoms with Crippen molar-refractivity contribution in [3.05, 3.63) is 53.1 Å². The number of halogens is 2. The summed E-state index contributed by atoms with van der Waals surface area (Å²) in [5, 5.41) is 8.44. The van der Waals surface area contributed by atoms with E-state index >= 15 is 0 Å². The number of para-hydroxylation sites is 1. The molecule has 0 saturated carbocycles. The molecule has 1 aromatic carbocycles. The van der Waals surface area contributed by atoms with Crippen LogP contribution in [0, 0.1) is 0 Å². The lowest BCUT2D eigenvalue weighted by molar-refractivity contribution is 0.715. The minimum atomic E-state index is -0.213. The molecule has 0 N–H and O–H groups in total. The molecule has 1 atom stereocenters. The maximum Gasteiger partial charge on any atom is 0.128 e. The van der Waals surface area contributed by atoms with Crippen LogP contribution >= 0.6 is 23.2 Å². The van der Waals surface area contributed by atoms with Gasteiger partial charge < -0.3 is 4.57 Å². The fourth-order valence-corrected chi connectivity index (χ4v) is 2.64. The van der Waals surface area contributed by atoms with Crippen LogP contribution in [0.2, 0.25) is 5.02 Å². The van der Waals surface area contributed by atoms with Crippen LogP contribution in [0.3, 0.4) is 0 Å². The molecule has 0 bridgehead atoms. The standard InChI is InChI=1S/C14H12Cl2N4/c1-9(15)14-18-12-6-2-5-11(16)13(12)20(14)8-10-4-3-7-17-19-10/h2-7,9H,8H2,1H3. The summed E-state index contributed by atoms with van der Waals surface area (Å²) in [7, 11) is 0. The molecule has 0 radical (unpaired) electrons. The van der Waals surface area contributed by atoms with Gasteiger partial charge in [0.1, 0.15) is 5.82 Å². The molecule has 0 aliphatic heterocycles. The molecule has 102 valence electrons. The van der Waals surface area contributed by atoms with Gasteiger partial charge in [-0.2, -0.15) is 10.2 Å². The Bertz CT molecular complexity index is 738. The molecule has 1 unspecified atom stereocenters. The van der Waals surface area contributed by atoms with Crippen molar-refractivity contribution >= 4 is 34.2 Å². The first-order chi connectivity index (χ1) is 9.66. The van der Waals surface area contributed by atoms with Crippen LogP contribution in [0.25, 0.3) is 11.0 Å². The summed E-state index contributed by atoms with van der Waals surface area (Å²) in [6.07, 6.45) is 1.65. The van der Waals surface area contributed by atoms with Gasteiger partial charge in [0.2, 0.25) is 0 Å². The summed E-state index contributed by atoms with van der Waals surface area (Å²) in [5.74, 6) is 0.778. The quantitative estimate of drug-likeness (QED) is 0.691. The van der Waals surface area contributed by atoms with E-state index in [1.165, 1.54) is 0 Å². The van der Waals surface area contributed by atoms with Crippen molar-refractivity contribution in [1.82, 2.24) is 19.7 Å². The van der Waals surface area contributed by atoms with E-state index in [0.29, 0.717) is 11.6 Å². The topological polar surface area (TPSA) is 43.6 Å². The number of benzene rings is 1. The first kappa shape index (κ1) is 13.3. The van der Waals surface area contributed by atoms with Crippen molar-refractivity contribution in [2.45, 2.75) is 18.8 Å². The number of hydrogen-bond acceptors (Lipinski definition) is 3. The van der Waals surface area contributed by atoms with E-state index in [4.69, 9.17) is 23.2 Å². The van der Waals surface area contributed by atoms with Crippen molar-refractivity contribution in [1.29, 1.82) is 0 Å². The summed E-state index contributed by atoms with van der Waals surface area (Å²) in [4.78, 5) is 4.57. The van der Waals surface area contributed by atoms with Gasteiger partial charge in [-0.15, -0.1) is 11.6 Å². The van der Waals surface area contributed by atoms with Crippen molar-refractivity contribution in [2.75, 3.05) is 0 Å². The summed E-state index contributed by atoms with van der Waals surface area (Å²) in [6, 6.07) is 9.43. The van der Waals surface area contributed by atoms with Gasteiger partial charge in [-0.25, -0.2) is 4.98 Å². The van der Waals surface area contributed by atoms with Crippen molar-refractivity contribution in [3.63, 3.8) is 0 Å². The Hall–Kier alpha value is -1.65. The molecular formula is C14H12Cl2N4. The SMILES string of the molecule is CC(Cl)c1nc2cccc(Cl)c2n1Cc1cccnn1. The van der Waals surface area contributed by atoms with Gasteiger partial charge in [0.05, 0.1) is 33.7 Å². The molecule has 0 fully saturated rings. The van der Waals surface area contributed by atoms with E-state index in [2.05, 4.69) is 15.2 Å². The summed E-state index contributed by atoms with van der Waals surface area (Å²) in [6.45, 7) is 2.43. The monoisotopic (exact) mass is 306 g/mol. The molecule has 4 nitrogen and oxygen atoms in total. The molecule has 0 aliphatic rings. The van der Waals surface area contributed by atoms with Crippen LogP contribution in [-0.4, -0.2) is 19.7 Å². The van der Waals surface area contributed by atoms with Gasteiger partial charge >= 0.3 is 0 Å². The Morgan fingerprint density at radius 3 is 2.80 bits per heavy atom. The molecular weight excluding hydrogens is 295 g/mol. The zero-order chi connectivity index (χ0) is 14.1. The van der Waals surface area contributed by atoms with Crippen molar-refractivity contribution < 1.29 is 0 Å². The van der Waals surface area contributed by atoms with Crippen LogP contribution in [0.5, 0.6) is 0 Å². The fourth-order valence-electron chi connectivity index (χ4n) is 2.20. The number of rotatable bonds is 3. The number of hydrogen-bond donors (Lipinski definition) is 0. The van der Waals surface area contributed by atoms with Gasteiger partial charge in [-0.1, -0.05) is 17.7 Å². The summed E-state index contributed by atoms with van der Waals surface area (Å²) < 4.78 is 2.00. The normalized spacial score (nSPS) is 12.8. The van der Waals surface area contributed by atoms with E-state index in [1.54, 1.807) is 6.20 Å². The van der Waals surface area contributed by atoms with Gasteiger partial charge in [-0.05, 0) is 31.2 Å². The second-order valence-electron chi connectivity index (χ2n) is 4.49. The minimum Gasteiger partial charge on any atom is -0.319 e. The Kier molecular flexibility index (Phi) is 3.59. The molecule has 0 spiro atoms. The number of nitrogens with zero attached hydrogens (tertiary/aromatic N) is 4. The maximum atomic E-state index is 6.31. The molecule has 0 aliphatic carbocycles. The first-order valence-electron chi connectivity index (χ1n) is 6.22. The predicted octanol–water partition coefficient (Wildman–Crippen LogP) is 3.83. The second kappa shape index (κ2) is 5.38. The lowest BCUT2D eigenvalue weighted by atomic mass is 10.3. The highest BCUT2D eigenvalue weighted by molar-refractivity contribution is 6.35. The molecule has 0 saturated heterocycles. The smallest absolute Gasteiger partial charge is 0.128 e. The van der Waals surface area contributed by atoms with Gasteiger partial charge in [-0.3, -0.25) is 0 Å². The maximum absolute atomic E-state index is 6.31. The van der Waals surface area contributed by atoms with Crippen molar-refractivity contribution in [3.8, 4) is 0 Å². The molecule has 2 heterocycles. The lowest BCUT2D eigenvalue weighted by Crippen LogP contribution is -2.07. The Balaban J connectivity index is 2.19. The van der Waals surface area contributed by atoms with Gasteiger partial charge in [0.25, 0.3) is 0 Å². The highest BCUT2D eigenvalue weighted by Gasteiger charge is 2.17. The number of aromatic nitrogens is 4. The first-order valence-corrected chi connectivity index (χ1v) is 7.03. The van der Waals surface area contributed by atoms with Crippen LogP contribution in [0.4, 0.5) is 0 Å². The third kappa shape index (κ3) is 2.37. The summed E-state index contributed by atoms with van der Waals surface area (Å²) in [5.41, 5.74) is 2.55. The molecule has 6 heteroatoms. The average Bonchev–Trinajstić information content (AvgIpc) is 2.80. The van der Waals surface area contributed by atoms with E-state index < -0.39 is 0 Å². The molecule has 20 heavy (non-hydrogen) atoms. The van der Waals surface area contributed by atoms with Crippen LogP contribution in [0.15, 0.2) is 36.5 Å². The Morgan fingerprint density at radius 2 is 2.10 bits per heavy atom. The fraction of sp³-hybridized carbons (Fsp3) is 0.214. The number of alkyl halides is 1. The summed E-state index contributed by atoms with van der Waals surface area (Å²) >= 11 is 12.5. The highest BCUT2D eigenvalue weighted by Crippen LogP contribution is 2.29. The predicted molar refractivity (Wildman–Crippen MR) is 80.1 cm³/mol. The van der Waals surface area contributed by atoms with E-state index in [0.717, 1.165) is 22.6 Å². The Morgan fingerprint density at radius 1 is 1.25 bits per heavy atom. The second-order valence-corrected chi connectivity index (χ2v) is 5.56. The lowest BCUT2D eigenvalue weighted by Gasteiger charge is -2.10. The highest BCUT2D eigenvalue weighted by atomic mass is 35.5. The van der Waals surface area contributed by atoms with E-state index in [-0.39, 0.29) is 5.38 Å². The van der Waals surface area contributed by atoms with Crippen molar-refractivity contribution in [2.24, 2.45) is 0 Å². The van der Waals surface area contributed by atoms with Gasteiger partial charge in [0.15, 0.2) is 0 Å². The van der Waals surface area contributed by atoms with Gasteiger partial charge in [0, 0.05) is 6.20 Å². The molecule has 3 rings (SSSR count). The zero-order valence-corrected chi connectivity index (χ0v) is 12.3. The number of imidazole rings is 1. The Labute approximate surface area is 126 Å². The average molecular weight is 307 g/mol. The van der Waals surface area contributed by atoms with E-state index in [9.17, 15) is 0 Å². The third-order valence-corrected chi connectivity index (χ3v) is 3.55. The van der Waals surface area contributed by atoms with Crippen LogP contribution in [-0.2, 0) is 6.54 Å². The largest absolute Gasteiger partial charge is 0.319 e. The molecule has 3 aromatic rings. The van der Waals surface area contributed by atoms with E-state index in [1.807, 2.05) is 41.8 Å². The zero-order valence-electron chi connectivity index (χ0n) is 10.8. The minimum absolute atomic E-state index is 0.213. The number of fused-ring (bicyclic) bond motifs is 1. The molecule has 2 aromatic heterocycles.